The number of halogens is 1. The lowest BCUT2D eigenvalue weighted by Crippen LogP contribution is -2.46. The smallest absolute Gasteiger partial charge is 0.242 e. The molecule has 2 aromatic carbocycles. The van der Waals surface area contributed by atoms with Crippen LogP contribution < -0.4 is 5.32 Å². The number of nitrogens with zero attached hydrogens (tertiary/aromatic N) is 1. The molecular formula is C21H25ClN2O2S. The molecule has 0 aliphatic heterocycles. The van der Waals surface area contributed by atoms with E-state index in [-0.39, 0.29) is 11.8 Å². The Kier molecular flexibility index (Phi) is 8.20. The number of hydrogen-bond donors (Lipinski definition) is 1. The molecule has 0 saturated heterocycles. The fraction of sp³-hybridized carbons (Fsp3) is 0.333. The van der Waals surface area contributed by atoms with Crippen LogP contribution in [0.25, 0.3) is 0 Å². The zero-order valence-electron chi connectivity index (χ0n) is 15.9. The number of aryl methyl sites for hydroxylation is 1. The highest BCUT2D eigenvalue weighted by atomic mass is 35.5. The van der Waals surface area contributed by atoms with E-state index in [1.807, 2.05) is 55.5 Å². The number of thioether (sulfide) groups is 1. The van der Waals surface area contributed by atoms with Gasteiger partial charge in [0.2, 0.25) is 11.8 Å². The lowest BCUT2D eigenvalue weighted by molar-refractivity contribution is -0.140. The Bertz CT molecular complexity index is 780. The first kappa shape index (κ1) is 21.3. The highest BCUT2D eigenvalue weighted by Crippen LogP contribution is 2.22. The van der Waals surface area contributed by atoms with Gasteiger partial charge in [-0.15, -0.1) is 11.8 Å². The average Bonchev–Trinajstić information content (AvgIpc) is 2.67. The molecule has 0 aliphatic carbocycles. The maximum absolute atomic E-state index is 12.9. The molecule has 4 nitrogen and oxygen atoms in total. The van der Waals surface area contributed by atoms with E-state index in [9.17, 15) is 9.59 Å². The van der Waals surface area contributed by atoms with E-state index < -0.39 is 6.04 Å². The summed E-state index contributed by atoms with van der Waals surface area (Å²) < 4.78 is 0. The Hall–Kier alpha value is -1.98. The van der Waals surface area contributed by atoms with E-state index in [1.54, 1.807) is 30.6 Å². The first-order valence-corrected chi connectivity index (χ1v) is 10.2. The van der Waals surface area contributed by atoms with Gasteiger partial charge in [-0.05, 0) is 49.2 Å². The number of benzene rings is 2. The minimum Gasteiger partial charge on any atom is -0.357 e. The number of nitrogens with one attached hydrogen (secondary N) is 1. The number of amides is 2. The molecular weight excluding hydrogens is 380 g/mol. The number of likely N-dealkylation sites (N-methyl/N-ethyl adjacent to an activating group) is 1. The van der Waals surface area contributed by atoms with Gasteiger partial charge in [0.25, 0.3) is 0 Å². The van der Waals surface area contributed by atoms with Crippen LogP contribution in [0, 0.1) is 6.92 Å². The van der Waals surface area contributed by atoms with E-state index in [0.29, 0.717) is 23.7 Å². The van der Waals surface area contributed by atoms with E-state index in [0.717, 1.165) is 16.0 Å². The predicted octanol–water partition coefficient (Wildman–Crippen LogP) is 4.29. The molecule has 0 bridgehead atoms. The van der Waals surface area contributed by atoms with Crippen LogP contribution in [0.3, 0.4) is 0 Å². The van der Waals surface area contributed by atoms with Crippen molar-refractivity contribution < 1.29 is 9.59 Å². The summed E-state index contributed by atoms with van der Waals surface area (Å²) in [7, 11) is 1.59. The quantitative estimate of drug-likeness (QED) is 0.667. The van der Waals surface area contributed by atoms with Crippen LogP contribution in [0.5, 0.6) is 0 Å². The average molecular weight is 405 g/mol. The van der Waals surface area contributed by atoms with E-state index >= 15 is 0 Å². The molecule has 144 valence electrons. The SMILES string of the molecule is CNC(=O)[C@@H](C)N(Cc1ccccc1C)C(=O)CCSc1ccc(Cl)cc1. The van der Waals surface area contributed by atoms with Crippen LogP contribution in [-0.2, 0) is 16.1 Å². The van der Waals surface area contributed by atoms with Crippen LogP contribution in [-0.4, -0.2) is 35.6 Å². The summed E-state index contributed by atoms with van der Waals surface area (Å²) in [6, 6.07) is 15.0. The zero-order chi connectivity index (χ0) is 19.8. The molecule has 0 spiro atoms. The van der Waals surface area contributed by atoms with Crippen LogP contribution in [0.1, 0.15) is 24.5 Å². The van der Waals surface area contributed by atoms with Gasteiger partial charge in [0.15, 0.2) is 0 Å². The molecule has 6 heteroatoms. The van der Waals surface area contributed by atoms with E-state index in [1.165, 1.54) is 0 Å². The van der Waals surface area contributed by atoms with Crippen molar-refractivity contribution in [1.29, 1.82) is 0 Å². The summed E-state index contributed by atoms with van der Waals surface area (Å²) in [5, 5.41) is 3.33. The standard InChI is InChI=1S/C21H25ClN2O2S/c1-15-6-4-5-7-17(15)14-24(16(2)21(26)23-3)20(25)12-13-27-19-10-8-18(22)9-11-19/h4-11,16H,12-14H2,1-3H3,(H,23,26)/t16-/m1/s1. The Morgan fingerprint density at radius 2 is 1.81 bits per heavy atom. The molecule has 2 amide bonds. The second-order valence-corrected chi connectivity index (χ2v) is 7.90. The van der Waals surface area contributed by atoms with Crippen LogP contribution >= 0.6 is 23.4 Å². The summed E-state index contributed by atoms with van der Waals surface area (Å²) in [4.78, 5) is 27.7. The van der Waals surface area contributed by atoms with E-state index in [4.69, 9.17) is 11.6 Å². The van der Waals surface area contributed by atoms with Gasteiger partial charge in [0, 0.05) is 35.7 Å². The first-order chi connectivity index (χ1) is 12.9. The van der Waals surface area contributed by atoms with Gasteiger partial charge < -0.3 is 10.2 Å². The van der Waals surface area contributed by atoms with Gasteiger partial charge in [-0.25, -0.2) is 0 Å². The Labute approximate surface area is 170 Å². The fourth-order valence-corrected chi connectivity index (χ4v) is 3.66. The van der Waals surface area contributed by atoms with Gasteiger partial charge in [-0.1, -0.05) is 35.9 Å². The van der Waals surface area contributed by atoms with Crippen molar-refractivity contribution in [3.8, 4) is 0 Å². The minimum atomic E-state index is -0.525. The maximum Gasteiger partial charge on any atom is 0.242 e. The van der Waals surface area contributed by atoms with Gasteiger partial charge in [0.1, 0.15) is 6.04 Å². The minimum absolute atomic E-state index is 0.0317. The summed E-state index contributed by atoms with van der Waals surface area (Å²) in [6.45, 7) is 4.20. The molecule has 0 unspecified atom stereocenters. The molecule has 0 fully saturated rings. The summed E-state index contributed by atoms with van der Waals surface area (Å²) in [5.74, 6) is 0.448. The molecule has 0 radical (unpaired) electrons. The van der Waals surface area contributed by atoms with Crippen molar-refractivity contribution in [3.63, 3.8) is 0 Å². The summed E-state index contributed by atoms with van der Waals surface area (Å²) >= 11 is 7.50. The number of carbonyl (C=O) groups is 2. The molecule has 0 aromatic heterocycles. The molecule has 1 atom stereocenters. The van der Waals surface area contributed by atoms with Crippen LogP contribution in [0.15, 0.2) is 53.4 Å². The zero-order valence-corrected chi connectivity index (χ0v) is 17.4. The number of hydrogen-bond acceptors (Lipinski definition) is 3. The Morgan fingerprint density at radius 1 is 1.15 bits per heavy atom. The second kappa shape index (κ2) is 10.4. The lowest BCUT2D eigenvalue weighted by atomic mass is 10.1. The third kappa shape index (κ3) is 6.29. The largest absolute Gasteiger partial charge is 0.357 e. The van der Waals surface area contributed by atoms with Crippen molar-refractivity contribution in [3.05, 3.63) is 64.7 Å². The van der Waals surface area contributed by atoms with Crippen molar-refractivity contribution in [2.24, 2.45) is 0 Å². The maximum atomic E-state index is 12.9. The third-order valence-corrected chi connectivity index (χ3v) is 5.68. The number of rotatable bonds is 8. The highest BCUT2D eigenvalue weighted by molar-refractivity contribution is 7.99. The first-order valence-electron chi connectivity index (χ1n) is 8.86. The fourth-order valence-electron chi connectivity index (χ4n) is 2.69. The number of carbonyl (C=O) groups excluding carboxylic acids is 2. The molecule has 2 rings (SSSR count). The van der Waals surface area contributed by atoms with Gasteiger partial charge >= 0.3 is 0 Å². The monoisotopic (exact) mass is 404 g/mol. The third-order valence-electron chi connectivity index (χ3n) is 4.41. The normalized spacial score (nSPS) is 11.7. The predicted molar refractivity (Wildman–Crippen MR) is 112 cm³/mol. The van der Waals surface area contributed by atoms with Crippen molar-refractivity contribution in [1.82, 2.24) is 10.2 Å². The molecule has 27 heavy (non-hydrogen) atoms. The van der Waals surface area contributed by atoms with Crippen LogP contribution in [0.4, 0.5) is 0 Å². The Morgan fingerprint density at radius 3 is 2.44 bits per heavy atom. The highest BCUT2D eigenvalue weighted by Gasteiger charge is 2.25. The molecule has 2 aromatic rings. The summed E-state index contributed by atoms with van der Waals surface area (Å²) in [5.41, 5.74) is 2.15. The van der Waals surface area contributed by atoms with Crippen molar-refractivity contribution in [2.45, 2.75) is 37.8 Å². The Balaban J connectivity index is 2.04. The topological polar surface area (TPSA) is 49.4 Å². The molecule has 1 N–H and O–H groups in total. The molecule has 0 heterocycles. The van der Waals surface area contributed by atoms with Gasteiger partial charge in [-0.2, -0.15) is 0 Å². The van der Waals surface area contributed by atoms with Gasteiger partial charge in [0.05, 0.1) is 0 Å². The second-order valence-electron chi connectivity index (χ2n) is 6.29. The van der Waals surface area contributed by atoms with Crippen LogP contribution in [0.2, 0.25) is 5.02 Å². The lowest BCUT2D eigenvalue weighted by Gasteiger charge is -2.29. The molecule has 0 saturated carbocycles. The summed E-state index contributed by atoms with van der Waals surface area (Å²) in [6.07, 6.45) is 0.362. The van der Waals surface area contributed by atoms with Crippen molar-refractivity contribution >= 4 is 35.2 Å². The van der Waals surface area contributed by atoms with E-state index in [2.05, 4.69) is 5.32 Å². The van der Waals surface area contributed by atoms with Crippen molar-refractivity contribution in [2.75, 3.05) is 12.8 Å². The molecule has 0 aliphatic rings. The van der Waals surface area contributed by atoms with Gasteiger partial charge in [-0.3, -0.25) is 9.59 Å².